The summed E-state index contributed by atoms with van der Waals surface area (Å²) in [6, 6.07) is 5.42. The molecule has 0 bridgehead atoms. The highest BCUT2D eigenvalue weighted by Gasteiger charge is 2.22. The maximum atomic E-state index is 12.2. The third kappa shape index (κ3) is 3.17. The second-order valence-corrected chi connectivity index (χ2v) is 4.97. The Balaban J connectivity index is 2.05. The maximum Gasteiger partial charge on any atom is 0.231 e. The van der Waals surface area contributed by atoms with Crippen LogP contribution in [0.2, 0.25) is 0 Å². The lowest BCUT2D eigenvalue weighted by atomic mass is 9.95. The van der Waals surface area contributed by atoms with Crippen LogP contribution in [0, 0.1) is 11.8 Å². The summed E-state index contributed by atoms with van der Waals surface area (Å²) in [5.74, 6) is 1.63. The highest BCUT2D eigenvalue weighted by Crippen LogP contribution is 2.34. The minimum absolute atomic E-state index is 0.0169. The molecule has 0 aliphatic carbocycles. The monoisotopic (exact) mass is 264 g/mol. The van der Waals surface area contributed by atoms with Gasteiger partial charge in [0.25, 0.3) is 0 Å². The molecular formula is C14H20N2O3. The van der Waals surface area contributed by atoms with Crippen LogP contribution in [0.5, 0.6) is 11.5 Å². The molecule has 1 heterocycles. The Kier molecular flexibility index (Phi) is 4.27. The van der Waals surface area contributed by atoms with Crippen molar-refractivity contribution in [3.63, 3.8) is 0 Å². The Morgan fingerprint density at radius 1 is 1.32 bits per heavy atom. The van der Waals surface area contributed by atoms with Gasteiger partial charge in [-0.05, 0) is 25.1 Å². The Bertz CT molecular complexity index is 460. The SMILES string of the molecule is CNCC(C(=O)Nc1ccc2c(c1)OCO2)C(C)C. The van der Waals surface area contributed by atoms with Gasteiger partial charge in [-0.2, -0.15) is 0 Å². The van der Waals surface area contributed by atoms with Crippen LogP contribution in [0.15, 0.2) is 18.2 Å². The van der Waals surface area contributed by atoms with Crippen molar-refractivity contribution in [2.75, 3.05) is 25.7 Å². The average molecular weight is 264 g/mol. The molecule has 2 N–H and O–H groups in total. The van der Waals surface area contributed by atoms with Gasteiger partial charge in [-0.1, -0.05) is 13.8 Å². The third-order valence-electron chi connectivity index (χ3n) is 3.21. The van der Waals surface area contributed by atoms with Gasteiger partial charge in [-0.25, -0.2) is 0 Å². The standard InChI is InChI=1S/C14H20N2O3/c1-9(2)11(7-15-3)14(17)16-10-4-5-12-13(6-10)19-8-18-12/h4-6,9,11,15H,7-8H2,1-3H3,(H,16,17). The van der Waals surface area contributed by atoms with E-state index in [4.69, 9.17) is 9.47 Å². The number of hydrogen-bond acceptors (Lipinski definition) is 4. The van der Waals surface area contributed by atoms with E-state index in [1.54, 1.807) is 12.1 Å². The van der Waals surface area contributed by atoms with E-state index in [0.717, 1.165) is 5.69 Å². The normalized spacial score (nSPS) is 14.5. The second-order valence-electron chi connectivity index (χ2n) is 4.97. The van der Waals surface area contributed by atoms with Crippen molar-refractivity contribution in [3.8, 4) is 11.5 Å². The molecule has 0 fully saturated rings. The lowest BCUT2D eigenvalue weighted by molar-refractivity contribution is -0.120. The van der Waals surface area contributed by atoms with Crippen molar-refractivity contribution < 1.29 is 14.3 Å². The lowest BCUT2D eigenvalue weighted by Gasteiger charge is -2.19. The molecule has 1 aliphatic heterocycles. The molecule has 1 aromatic rings. The van der Waals surface area contributed by atoms with Crippen LogP contribution in [0.4, 0.5) is 5.69 Å². The van der Waals surface area contributed by atoms with Crippen LogP contribution in [0.3, 0.4) is 0 Å². The zero-order chi connectivity index (χ0) is 13.8. The van der Waals surface area contributed by atoms with E-state index >= 15 is 0 Å². The fourth-order valence-corrected chi connectivity index (χ4v) is 2.06. The number of anilines is 1. The molecule has 5 heteroatoms. The summed E-state index contributed by atoms with van der Waals surface area (Å²) in [6.07, 6.45) is 0. The zero-order valence-electron chi connectivity index (χ0n) is 11.5. The minimum atomic E-state index is -0.0598. The number of benzene rings is 1. The molecule has 1 aromatic carbocycles. The number of nitrogens with one attached hydrogen (secondary N) is 2. The van der Waals surface area contributed by atoms with Crippen molar-refractivity contribution in [2.24, 2.45) is 11.8 Å². The van der Waals surface area contributed by atoms with E-state index < -0.39 is 0 Å². The Morgan fingerprint density at radius 3 is 2.74 bits per heavy atom. The van der Waals surface area contributed by atoms with Gasteiger partial charge >= 0.3 is 0 Å². The molecule has 0 spiro atoms. The molecule has 0 aromatic heterocycles. The third-order valence-corrected chi connectivity index (χ3v) is 3.21. The first-order valence-corrected chi connectivity index (χ1v) is 6.47. The Hall–Kier alpha value is -1.75. The summed E-state index contributed by atoms with van der Waals surface area (Å²) in [6.45, 7) is 4.98. The first kappa shape index (κ1) is 13.7. The molecule has 0 radical (unpaired) electrons. The number of carbonyl (C=O) groups is 1. The zero-order valence-corrected chi connectivity index (χ0v) is 11.5. The van der Waals surface area contributed by atoms with Gasteiger partial charge in [0.1, 0.15) is 0 Å². The number of ether oxygens (including phenoxy) is 2. The van der Waals surface area contributed by atoms with Crippen molar-refractivity contribution in [3.05, 3.63) is 18.2 Å². The van der Waals surface area contributed by atoms with Crippen molar-refractivity contribution in [1.82, 2.24) is 5.32 Å². The Labute approximate surface area is 113 Å². The van der Waals surface area contributed by atoms with Gasteiger partial charge < -0.3 is 20.1 Å². The largest absolute Gasteiger partial charge is 0.454 e. The van der Waals surface area contributed by atoms with E-state index in [1.807, 2.05) is 27.0 Å². The summed E-state index contributed by atoms with van der Waals surface area (Å²) in [4.78, 5) is 12.2. The molecule has 1 amide bonds. The van der Waals surface area contributed by atoms with Crippen molar-refractivity contribution in [2.45, 2.75) is 13.8 Å². The topological polar surface area (TPSA) is 59.6 Å². The van der Waals surface area contributed by atoms with Crippen molar-refractivity contribution in [1.29, 1.82) is 0 Å². The lowest BCUT2D eigenvalue weighted by Crippen LogP contribution is -2.34. The molecule has 1 aliphatic rings. The maximum absolute atomic E-state index is 12.2. The number of hydrogen-bond donors (Lipinski definition) is 2. The van der Waals surface area contributed by atoms with Crippen molar-refractivity contribution >= 4 is 11.6 Å². The summed E-state index contributed by atoms with van der Waals surface area (Å²) < 4.78 is 10.5. The number of amides is 1. The highest BCUT2D eigenvalue weighted by molar-refractivity contribution is 5.93. The van der Waals surface area contributed by atoms with Gasteiger partial charge in [-0.3, -0.25) is 4.79 Å². The van der Waals surface area contributed by atoms with Gasteiger partial charge in [0, 0.05) is 18.3 Å². The van der Waals surface area contributed by atoms with Gasteiger partial charge in [0.15, 0.2) is 11.5 Å². The summed E-state index contributed by atoms with van der Waals surface area (Å²) in [5, 5.41) is 5.98. The minimum Gasteiger partial charge on any atom is -0.454 e. The Morgan fingerprint density at radius 2 is 2.05 bits per heavy atom. The fraction of sp³-hybridized carbons (Fsp3) is 0.500. The number of rotatable bonds is 5. The second kappa shape index (κ2) is 5.93. The average Bonchev–Trinajstić information content (AvgIpc) is 2.82. The van der Waals surface area contributed by atoms with Crippen LogP contribution >= 0.6 is 0 Å². The van der Waals surface area contributed by atoms with E-state index in [1.165, 1.54) is 0 Å². The van der Waals surface area contributed by atoms with Gasteiger partial charge in [0.2, 0.25) is 12.7 Å². The molecular weight excluding hydrogens is 244 g/mol. The van der Waals surface area contributed by atoms with Crippen LogP contribution in [0.25, 0.3) is 0 Å². The number of fused-ring (bicyclic) bond motifs is 1. The molecule has 104 valence electrons. The smallest absolute Gasteiger partial charge is 0.231 e. The van der Waals surface area contributed by atoms with Crippen LogP contribution in [-0.2, 0) is 4.79 Å². The summed E-state index contributed by atoms with van der Waals surface area (Å²) in [5.41, 5.74) is 0.732. The van der Waals surface area contributed by atoms with E-state index in [-0.39, 0.29) is 24.5 Å². The molecule has 5 nitrogen and oxygen atoms in total. The predicted molar refractivity (Wildman–Crippen MR) is 73.4 cm³/mol. The first-order chi connectivity index (χ1) is 9.11. The molecule has 19 heavy (non-hydrogen) atoms. The van der Waals surface area contributed by atoms with Crippen LogP contribution in [-0.4, -0.2) is 26.3 Å². The molecule has 1 unspecified atom stereocenters. The van der Waals surface area contributed by atoms with E-state index in [9.17, 15) is 4.79 Å². The summed E-state index contributed by atoms with van der Waals surface area (Å²) >= 11 is 0. The predicted octanol–water partition coefficient (Wildman–Crippen LogP) is 1.85. The molecule has 2 rings (SSSR count). The van der Waals surface area contributed by atoms with E-state index in [2.05, 4.69) is 10.6 Å². The molecule has 0 saturated carbocycles. The molecule has 0 saturated heterocycles. The summed E-state index contributed by atoms with van der Waals surface area (Å²) in [7, 11) is 1.85. The quantitative estimate of drug-likeness (QED) is 0.852. The highest BCUT2D eigenvalue weighted by atomic mass is 16.7. The first-order valence-electron chi connectivity index (χ1n) is 6.47. The molecule has 1 atom stereocenters. The van der Waals surface area contributed by atoms with Gasteiger partial charge in [-0.15, -0.1) is 0 Å². The van der Waals surface area contributed by atoms with E-state index in [0.29, 0.717) is 18.0 Å². The fourth-order valence-electron chi connectivity index (χ4n) is 2.06. The number of carbonyl (C=O) groups excluding carboxylic acids is 1. The van der Waals surface area contributed by atoms with Crippen LogP contribution < -0.4 is 20.1 Å². The van der Waals surface area contributed by atoms with Gasteiger partial charge in [0.05, 0.1) is 5.92 Å². The van der Waals surface area contributed by atoms with Crippen LogP contribution in [0.1, 0.15) is 13.8 Å².